The fourth-order valence-electron chi connectivity index (χ4n) is 2.46. The summed E-state index contributed by atoms with van der Waals surface area (Å²) in [6.45, 7) is 4.20. The Bertz CT molecular complexity index is 346. The molecule has 0 unspecified atom stereocenters. The second-order valence-corrected chi connectivity index (χ2v) is 4.30. The molecule has 74 valence electrons. The summed E-state index contributed by atoms with van der Waals surface area (Å²) < 4.78 is 0. The lowest BCUT2D eigenvalue weighted by molar-refractivity contribution is -0.122. The molecule has 2 atom stereocenters. The maximum Gasteiger partial charge on any atom is 0.147 e. The van der Waals surface area contributed by atoms with E-state index in [0.29, 0.717) is 11.7 Å². The Morgan fingerprint density at radius 3 is 2.93 bits per heavy atom. The zero-order valence-corrected chi connectivity index (χ0v) is 8.79. The summed E-state index contributed by atoms with van der Waals surface area (Å²) in [6, 6.07) is 0. The molecule has 14 heavy (non-hydrogen) atoms. The third kappa shape index (κ3) is 1.19. The summed E-state index contributed by atoms with van der Waals surface area (Å²) >= 11 is 0. The van der Waals surface area contributed by atoms with Gasteiger partial charge in [-0.15, -0.1) is 0 Å². The van der Waals surface area contributed by atoms with Gasteiger partial charge in [-0.3, -0.25) is 4.79 Å². The van der Waals surface area contributed by atoms with Gasteiger partial charge in [0.05, 0.1) is 5.41 Å². The Balaban J connectivity index is 2.48. The monoisotopic (exact) mass is 188 g/mol. The van der Waals surface area contributed by atoms with Crippen LogP contribution in [0.25, 0.3) is 0 Å². The fourth-order valence-corrected chi connectivity index (χ4v) is 2.46. The Hall–Kier alpha value is -1.11. The van der Waals surface area contributed by atoms with Crippen LogP contribution in [0.2, 0.25) is 0 Å². The van der Waals surface area contributed by atoms with Crippen LogP contribution in [0.4, 0.5) is 0 Å². The minimum atomic E-state index is -0.315. The maximum atomic E-state index is 11.9. The second-order valence-electron chi connectivity index (χ2n) is 4.30. The van der Waals surface area contributed by atoms with Gasteiger partial charge in [0.15, 0.2) is 0 Å². The van der Waals surface area contributed by atoms with Crippen LogP contribution in [-0.4, -0.2) is 5.78 Å². The van der Waals surface area contributed by atoms with E-state index in [2.05, 4.69) is 13.0 Å². The first-order valence-corrected chi connectivity index (χ1v) is 5.28. The first kappa shape index (κ1) is 9.45. The third-order valence-electron chi connectivity index (χ3n) is 3.47. The molecule has 2 aliphatic carbocycles. The molecule has 0 N–H and O–H groups in total. The van der Waals surface area contributed by atoms with Crippen LogP contribution in [0.15, 0.2) is 36.0 Å². The smallest absolute Gasteiger partial charge is 0.147 e. The van der Waals surface area contributed by atoms with Crippen molar-refractivity contribution in [3.63, 3.8) is 0 Å². The molecule has 0 aromatic rings. The van der Waals surface area contributed by atoms with E-state index in [9.17, 15) is 4.79 Å². The predicted octanol–water partition coefficient (Wildman–Crippen LogP) is 3.04. The van der Waals surface area contributed by atoms with Crippen molar-refractivity contribution < 1.29 is 4.79 Å². The molecular formula is C13H16O. The van der Waals surface area contributed by atoms with Crippen molar-refractivity contribution in [2.45, 2.75) is 26.7 Å². The van der Waals surface area contributed by atoms with Crippen molar-refractivity contribution >= 4 is 5.78 Å². The van der Waals surface area contributed by atoms with Gasteiger partial charge in [-0.2, -0.15) is 0 Å². The molecule has 0 aromatic heterocycles. The molecule has 0 saturated heterocycles. The topological polar surface area (TPSA) is 17.1 Å². The summed E-state index contributed by atoms with van der Waals surface area (Å²) in [5.41, 5.74) is 0.986. The van der Waals surface area contributed by atoms with Crippen molar-refractivity contribution in [1.82, 2.24) is 0 Å². The molecule has 0 heterocycles. The van der Waals surface area contributed by atoms with E-state index in [4.69, 9.17) is 0 Å². The van der Waals surface area contributed by atoms with Gasteiger partial charge in [0.2, 0.25) is 0 Å². The molecular weight excluding hydrogens is 172 g/mol. The Kier molecular flexibility index (Phi) is 2.18. The van der Waals surface area contributed by atoms with E-state index in [1.807, 2.05) is 31.2 Å². The van der Waals surface area contributed by atoms with Crippen LogP contribution in [0.1, 0.15) is 26.7 Å². The lowest BCUT2D eigenvalue weighted by atomic mass is 9.81. The molecule has 0 spiro atoms. The van der Waals surface area contributed by atoms with Gasteiger partial charge >= 0.3 is 0 Å². The number of allylic oxidation sites excluding steroid dienone is 6. The van der Waals surface area contributed by atoms with Gasteiger partial charge in [0.25, 0.3) is 0 Å². The highest BCUT2D eigenvalue weighted by Gasteiger charge is 2.44. The molecule has 0 amide bonds. The van der Waals surface area contributed by atoms with Gasteiger partial charge in [-0.1, -0.05) is 37.3 Å². The molecule has 1 heteroatoms. The van der Waals surface area contributed by atoms with Crippen LogP contribution < -0.4 is 0 Å². The predicted molar refractivity (Wildman–Crippen MR) is 57.9 cm³/mol. The van der Waals surface area contributed by atoms with Gasteiger partial charge < -0.3 is 0 Å². The van der Waals surface area contributed by atoms with Crippen molar-refractivity contribution in [2.24, 2.45) is 11.3 Å². The molecule has 0 aromatic carbocycles. The number of rotatable bonds is 1. The van der Waals surface area contributed by atoms with Gasteiger partial charge in [0, 0.05) is 6.42 Å². The lowest BCUT2D eigenvalue weighted by Crippen LogP contribution is -2.20. The highest BCUT2D eigenvalue weighted by Crippen LogP contribution is 2.46. The molecule has 0 bridgehead atoms. The normalized spacial score (nSPS) is 35.4. The summed E-state index contributed by atoms with van der Waals surface area (Å²) in [6.07, 6.45) is 12.0. The van der Waals surface area contributed by atoms with Gasteiger partial charge in [-0.05, 0) is 24.8 Å². The highest BCUT2D eigenvalue weighted by atomic mass is 16.1. The summed E-state index contributed by atoms with van der Waals surface area (Å²) in [5, 5.41) is 0. The summed E-state index contributed by atoms with van der Waals surface area (Å²) in [7, 11) is 0. The quantitative estimate of drug-likeness (QED) is 0.618. The van der Waals surface area contributed by atoms with E-state index in [-0.39, 0.29) is 5.41 Å². The molecule has 1 fully saturated rings. The number of carbonyl (C=O) groups excluding carboxylic acids is 1. The third-order valence-corrected chi connectivity index (χ3v) is 3.47. The number of Topliss-reactive ketones (excluding diaryl/α,β-unsaturated/α-hetero) is 1. The van der Waals surface area contributed by atoms with Crippen molar-refractivity contribution in [3.05, 3.63) is 36.0 Å². The largest absolute Gasteiger partial charge is 0.298 e. The minimum Gasteiger partial charge on any atom is -0.298 e. The van der Waals surface area contributed by atoms with Crippen LogP contribution in [0.3, 0.4) is 0 Å². The average molecular weight is 188 g/mol. The van der Waals surface area contributed by atoms with E-state index in [1.54, 1.807) is 0 Å². The number of fused-ring (bicyclic) bond motifs is 1. The van der Waals surface area contributed by atoms with Crippen molar-refractivity contribution in [2.75, 3.05) is 0 Å². The number of hydrogen-bond acceptors (Lipinski definition) is 1. The summed E-state index contributed by atoms with van der Waals surface area (Å²) in [5.74, 6) is 0.829. The fraction of sp³-hybridized carbons (Fsp3) is 0.462. The summed E-state index contributed by atoms with van der Waals surface area (Å²) in [4.78, 5) is 11.9. The van der Waals surface area contributed by atoms with E-state index in [0.717, 1.165) is 12.8 Å². The van der Waals surface area contributed by atoms with E-state index >= 15 is 0 Å². The van der Waals surface area contributed by atoms with E-state index in [1.165, 1.54) is 5.57 Å². The van der Waals surface area contributed by atoms with Crippen molar-refractivity contribution in [3.8, 4) is 0 Å². The Morgan fingerprint density at radius 1 is 1.43 bits per heavy atom. The molecule has 2 rings (SSSR count). The molecule has 2 aliphatic rings. The van der Waals surface area contributed by atoms with E-state index < -0.39 is 0 Å². The molecule has 0 aliphatic heterocycles. The molecule has 1 nitrogen and oxygen atoms in total. The first-order valence-electron chi connectivity index (χ1n) is 5.28. The van der Waals surface area contributed by atoms with Crippen LogP contribution in [0.5, 0.6) is 0 Å². The number of hydrogen-bond donors (Lipinski definition) is 0. The van der Waals surface area contributed by atoms with Crippen LogP contribution >= 0.6 is 0 Å². The highest BCUT2D eigenvalue weighted by molar-refractivity contribution is 5.93. The molecule has 0 radical (unpaired) electrons. The number of carbonyl (C=O) groups is 1. The molecule has 1 saturated carbocycles. The van der Waals surface area contributed by atoms with Gasteiger partial charge in [-0.25, -0.2) is 0 Å². The standard InChI is InChI=1S/C13H16O/c1-3-10-9-12(14)13(2)8-6-4-5-7-11(10)13/h4-8,10H,3,9H2,1-2H3/t10-,13-/m1/s1. The minimum absolute atomic E-state index is 0.315. The second kappa shape index (κ2) is 3.23. The SMILES string of the molecule is CC[C@@H]1CC(=O)[C@]2(C)C=CC=CC=C12. The maximum absolute atomic E-state index is 11.9. The zero-order valence-electron chi connectivity index (χ0n) is 8.79. The lowest BCUT2D eigenvalue weighted by Gasteiger charge is -2.21. The Labute approximate surface area is 85.2 Å². The Morgan fingerprint density at radius 2 is 2.21 bits per heavy atom. The first-order chi connectivity index (χ1) is 6.68. The number of ketones is 1. The van der Waals surface area contributed by atoms with Gasteiger partial charge in [0.1, 0.15) is 5.78 Å². The van der Waals surface area contributed by atoms with Crippen LogP contribution in [0, 0.1) is 11.3 Å². The zero-order chi connectivity index (χ0) is 10.2. The van der Waals surface area contributed by atoms with Crippen LogP contribution in [-0.2, 0) is 4.79 Å². The average Bonchev–Trinajstić information content (AvgIpc) is 2.36. The van der Waals surface area contributed by atoms with Crippen molar-refractivity contribution in [1.29, 1.82) is 0 Å².